The highest BCUT2D eigenvalue weighted by Crippen LogP contribution is 2.70. The summed E-state index contributed by atoms with van der Waals surface area (Å²) < 4.78 is 5.52. The van der Waals surface area contributed by atoms with Crippen molar-refractivity contribution in [3.05, 3.63) is 58.6 Å². The smallest absolute Gasteiger partial charge is 0.326 e. The van der Waals surface area contributed by atoms with Gasteiger partial charge in [-0.2, -0.15) is 0 Å². The van der Waals surface area contributed by atoms with Crippen LogP contribution >= 0.6 is 0 Å². The fourth-order valence-corrected chi connectivity index (χ4v) is 4.83. The van der Waals surface area contributed by atoms with Gasteiger partial charge in [0, 0.05) is 23.9 Å². The lowest BCUT2D eigenvalue weighted by molar-refractivity contribution is -0.384. The number of anilines is 2. The Morgan fingerprint density at radius 1 is 1.13 bits per heavy atom. The van der Waals surface area contributed by atoms with E-state index >= 15 is 0 Å². The third-order valence-corrected chi connectivity index (χ3v) is 6.89. The van der Waals surface area contributed by atoms with Gasteiger partial charge in [-0.1, -0.05) is 45.9 Å². The van der Waals surface area contributed by atoms with Crippen LogP contribution in [0, 0.1) is 26.9 Å². The molecule has 1 N–H and O–H groups in total. The van der Waals surface area contributed by atoms with Gasteiger partial charge in [-0.25, -0.2) is 4.79 Å². The molecule has 3 rings (SSSR count). The van der Waals surface area contributed by atoms with Crippen LogP contribution in [0.25, 0.3) is 0 Å². The summed E-state index contributed by atoms with van der Waals surface area (Å²) in [5, 5.41) is 13.9. The van der Waals surface area contributed by atoms with Gasteiger partial charge in [-0.15, -0.1) is 0 Å². The number of nitrogens with zero attached hydrogens (tertiary/aromatic N) is 2. The molecule has 1 atom stereocenters. The molecule has 0 radical (unpaired) electrons. The van der Waals surface area contributed by atoms with Crippen molar-refractivity contribution in [3.63, 3.8) is 0 Å². The van der Waals surface area contributed by atoms with Crippen molar-refractivity contribution < 1.29 is 14.5 Å². The van der Waals surface area contributed by atoms with E-state index in [1.54, 1.807) is 24.1 Å². The van der Waals surface area contributed by atoms with E-state index in [1.165, 1.54) is 12.1 Å². The first-order valence-electron chi connectivity index (χ1n) is 10.00. The van der Waals surface area contributed by atoms with Crippen LogP contribution < -0.4 is 15.0 Å². The normalized spacial score (nSPS) is 17.7. The molecule has 30 heavy (non-hydrogen) atoms. The van der Waals surface area contributed by atoms with Crippen molar-refractivity contribution >= 4 is 23.1 Å². The molecule has 1 saturated carbocycles. The molecule has 0 saturated heterocycles. The van der Waals surface area contributed by atoms with Crippen molar-refractivity contribution in [1.82, 2.24) is 0 Å². The van der Waals surface area contributed by atoms with Crippen LogP contribution in [0.3, 0.4) is 0 Å². The highest BCUT2D eigenvalue weighted by Gasteiger charge is 2.67. The van der Waals surface area contributed by atoms with Crippen LogP contribution in [0.5, 0.6) is 5.75 Å². The molecular weight excluding hydrogens is 382 g/mol. The van der Waals surface area contributed by atoms with Gasteiger partial charge < -0.3 is 10.1 Å². The number of amides is 2. The number of carbonyl (C=O) groups excluding carboxylic acids is 1. The maximum Gasteiger partial charge on any atom is 0.326 e. The standard InChI is InChI=1S/C23H29N3O4/c1-15(20-22(2,3)23(20,4)5)25(18-12-7-8-13-19(18)30-6)21(27)24-16-10-9-11-17(14-16)26(28)29/h7-15,20H,1-6H3,(H,24,27). The monoisotopic (exact) mass is 411 g/mol. The SMILES string of the molecule is COc1ccccc1N(C(=O)Nc1cccc([N+](=O)[O-])c1)C(C)C1C(C)(C)C1(C)C. The van der Waals surface area contributed by atoms with E-state index in [-0.39, 0.29) is 34.5 Å². The van der Waals surface area contributed by atoms with Gasteiger partial charge in [-0.3, -0.25) is 15.0 Å². The number of benzene rings is 2. The Hall–Kier alpha value is -3.09. The Kier molecular flexibility index (Phi) is 5.50. The Morgan fingerprint density at radius 3 is 2.33 bits per heavy atom. The minimum atomic E-state index is -0.481. The maximum atomic E-state index is 13.4. The Bertz CT molecular complexity index is 956. The molecule has 1 unspecified atom stereocenters. The van der Waals surface area contributed by atoms with Crippen LogP contribution in [0.15, 0.2) is 48.5 Å². The maximum absolute atomic E-state index is 13.4. The topological polar surface area (TPSA) is 84.7 Å². The summed E-state index contributed by atoms with van der Waals surface area (Å²) in [5.74, 6) is 0.862. The summed E-state index contributed by atoms with van der Waals surface area (Å²) in [4.78, 5) is 25.8. The fraction of sp³-hybridized carbons (Fsp3) is 0.435. The number of hydrogen-bond acceptors (Lipinski definition) is 4. The van der Waals surface area contributed by atoms with Crippen molar-refractivity contribution in [2.45, 2.75) is 40.7 Å². The first-order chi connectivity index (χ1) is 14.0. The number of methoxy groups -OCH3 is 1. The average molecular weight is 412 g/mol. The number of ether oxygens (including phenoxy) is 1. The molecule has 2 amide bonds. The minimum absolute atomic E-state index is 0.0680. The van der Waals surface area contributed by atoms with E-state index in [9.17, 15) is 14.9 Å². The van der Waals surface area contributed by atoms with Gasteiger partial charge in [0.25, 0.3) is 5.69 Å². The molecule has 1 aliphatic carbocycles. The Labute approximate surface area is 177 Å². The molecule has 2 aromatic carbocycles. The Morgan fingerprint density at radius 2 is 1.77 bits per heavy atom. The lowest BCUT2D eigenvalue weighted by Crippen LogP contribution is -2.44. The summed E-state index contributed by atoms with van der Waals surface area (Å²) in [6, 6.07) is 12.9. The summed E-state index contributed by atoms with van der Waals surface area (Å²) in [6.07, 6.45) is 0. The molecular formula is C23H29N3O4. The van der Waals surface area contributed by atoms with Crippen LogP contribution in [0.4, 0.5) is 21.9 Å². The molecule has 0 aliphatic heterocycles. The van der Waals surface area contributed by atoms with Crippen LogP contribution in [0.1, 0.15) is 34.6 Å². The van der Waals surface area contributed by atoms with Gasteiger partial charge >= 0.3 is 6.03 Å². The lowest BCUT2D eigenvalue weighted by atomic mass is 10.0. The van der Waals surface area contributed by atoms with Gasteiger partial charge in [0.1, 0.15) is 5.75 Å². The summed E-state index contributed by atoms with van der Waals surface area (Å²) in [6.45, 7) is 10.9. The number of nitrogens with one attached hydrogen (secondary N) is 1. The van der Waals surface area contributed by atoms with Crippen molar-refractivity contribution in [3.8, 4) is 5.75 Å². The van der Waals surface area contributed by atoms with Gasteiger partial charge in [0.2, 0.25) is 0 Å². The molecule has 160 valence electrons. The van der Waals surface area contributed by atoms with Crippen molar-refractivity contribution in [2.24, 2.45) is 16.7 Å². The second kappa shape index (κ2) is 7.63. The zero-order chi connectivity index (χ0) is 22.3. The number of rotatable bonds is 6. The minimum Gasteiger partial charge on any atom is -0.495 e. The zero-order valence-electron chi connectivity index (χ0n) is 18.3. The van der Waals surface area contributed by atoms with Crippen LogP contribution in [-0.2, 0) is 0 Å². The van der Waals surface area contributed by atoms with Gasteiger partial charge in [-0.05, 0) is 41.9 Å². The number of hydrogen-bond donors (Lipinski definition) is 1. The van der Waals surface area contributed by atoms with E-state index in [1.807, 2.05) is 31.2 Å². The molecule has 7 nitrogen and oxygen atoms in total. The summed E-state index contributed by atoms with van der Waals surface area (Å²) in [7, 11) is 1.57. The summed E-state index contributed by atoms with van der Waals surface area (Å²) >= 11 is 0. The highest BCUT2D eigenvalue weighted by atomic mass is 16.6. The van der Waals surface area contributed by atoms with E-state index in [0.29, 0.717) is 17.1 Å². The molecule has 7 heteroatoms. The predicted molar refractivity (Wildman–Crippen MR) is 118 cm³/mol. The van der Waals surface area contributed by atoms with Crippen molar-refractivity contribution in [1.29, 1.82) is 0 Å². The van der Waals surface area contributed by atoms with E-state index in [4.69, 9.17) is 4.74 Å². The first-order valence-corrected chi connectivity index (χ1v) is 10.00. The van der Waals surface area contributed by atoms with E-state index < -0.39 is 4.92 Å². The third-order valence-electron chi connectivity index (χ3n) is 6.89. The molecule has 0 heterocycles. The molecule has 1 fully saturated rings. The van der Waals surface area contributed by atoms with Crippen LogP contribution in [-0.4, -0.2) is 24.1 Å². The Balaban J connectivity index is 1.98. The highest BCUT2D eigenvalue weighted by molar-refractivity contribution is 6.03. The molecule has 1 aliphatic rings. The average Bonchev–Trinajstić information content (AvgIpc) is 3.10. The fourth-order valence-electron chi connectivity index (χ4n) is 4.83. The van der Waals surface area contributed by atoms with Gasteiger partial charge in [0.15, 0.2) is 0 Å². The third kappa shape index (κ3) is 3.60. The van der Waals surface area contributed by atoms with Crippen molar-refractivity contribution in [2.75, 3.05) is 17.3 Å². The molecule has 0 bridgehead atoms. The molecule has 0 aromatic heterocycles. The second-order valence-corrected chi connectivity index (χ2v) is 8.94. The summed E-state index contributed by atoms with van der Waals surface area (Å²) in [5.41, 5.74) is 1.09. The molecule has 2 aromatic rings. The van der Waals surface area contributed by atoms with E-state index in [0.717, 1.165) is 0 Å². The number of non-ortho nitro benzene ring substituents is 1. The predicted octanol–water partition coefficient (Wildman–Crippen LogP) is 5.71. The largest absolute Gasteiger partial charge is 0.495 e. The number of carbonyl (C=O) groups is 1. The molecule has 0 spiro atoms. The number of para-hydroxylation sites is 2. The lowest BCUT2D eigenvalue weighted by Gasteiger charge is -2.32. The number of nitro groups is 1. The quantitative estimate of drug-likeness (QED) is 0.487. The zero-order valence-corrected chi connectivity index (χ0v) is 18.3. The number of urea groups is 1. The van der Waals surface area contributed by atoms with Gasteiger partial charge in [0.05, 0.1) is 17.7 Å². The first kappa shape index (κ1) is 21.6. The second-order valence-electron chi connectivity index (χ2n) is 8.94. The van der Waals surface area contributed by atoms with E-state index in [2.05, 4.69) is 33.0 Å². The number of nitro benzene ring substituents is 1. The van der Waals surface area contributed by atoms with Crippen LogP contribution in [0.2, 0.25) is 0 Å².